The van der Waals surface area contributed by atoms with Crippen LogP contribution < -0.4 is 0 Å². The molecule has 1 saturated carbocycles. The van der Waals surface area contributed by atoms with Crippen molar-refractivity contribution in [3.8, 4) is 0 Å². The first kappa shape index (κ1) is 14.4. The van der Waals surface area contributed by atoms with Crippen LogP contribution in [0.3, 0.4) is 0 Å². The van der Waals surface area contributed by atoms with Crippen molar-refractivity contribution < 1.29 is 14.7 Å². The molecular formula is C15H25NO3. The Morgan fingerprint density at radius 1 is 1.21 bits per heavy atom. The van der Waals surface area contributed by atoms with E-state index >= 15 is 0 Å². The van der Waals surface area contributed by atoms with E-state index in [9.17, 15) is 14.7 Å². The van der Waals surface area contributed by atoms with E-state index in [0.717, 1.165) is 19.3 Å². The van der Waals surface area contributed by atoms with Crippen LogP contribution in [0.5, 0.6) is 0 Å². The molecule has 0 spiro atoms. The number of carboxylic acid groups (broad SMARTS) is 1. The normalized spacial score (nSPS) is 27.6. The number of nitrogens with zero attached hydrogens (tertiary/aromatic N) is 1. The van der Waals surface area contributed by atoms with Gasteiger partial charge in [0.1, 0.15) is 0 Å². The van der Waals surface area contributed by atoms with E-state index in [1.54, 1.807) is 4.90 Å². The van der Waals surface area contributed by atoms with Crippen LogP contribution in [0.15, 0.2) is 0 Å². The lowest BCUT2D eigenvalue weighted by atomic mass is 9.90. The topological polar surface area (TPSA) is 57.6 Å². The largest absolute Gasteiger partial charge is 0.481 e. The summed E-state index contributed by atoms with van der Waals surface area (Å²) in [5, 5.41) is 9.28. The molecule has 1 aliphatic heterocycles. The Morgan fingerprint density at radius 2 is 1.84 bits per heavy atom. The number of carbonyl (C=O) groups is 2. The Balaban J connectivity index is 1.91. The number of carbonyl (C=O) groups excluding carboxylic acids is 1. The molecule has 2 fully saturated rings. The molecule has 1 aliphatic carbocycles. The second-order valence-electron chi connectivity index (χ2n) is 7.31. The maximum Gasteiger partial charge on any atom is 0.308 e. The van der Waals surface area contributed by atoms with Crippen molar-refractivity contribution in [3.63, 3.8) is 0 Å². The predicted octanol–water partition coefficient (Wildman–Crippen LogP) is 2.38. The summed E-state index contributed by atoms with van der Waals surface area (Å²) in [4.78, 5) is 25.3. The second kappa shape index (κ2) is 5.14. The summed E-state index contributed by atoms with van der Waals surface area (Å²) >= 11 is 0. The SMILES string of the molecule is CC(C)(C)CCC(=O)N1C[C@H](C(=O)O)[C@@H](C2CC2)C1. The van der Waals surface area contributed by atoms with Crippen LogP contribution in [0.2, 0.25) is 0 Å². The number of hydrogen-bond donors (Lipinski definition) is 1. The first-order valence-electron chi connectivity index (χ1n) is 7.28. The van der Waals surface area contributed by atoms with E-state index in [2.05, 4.69) is 20.8 Å². The van der Waals surface area contributed by atoms with Gasteiger partial charge in [-0.15, -0.1) is 0 Å². The van der Waals surface area contributed by atoms with Crippen LogP contribution in [0.25, 0.3) is 0 Å². The summed E-state index contributed by atoms with van der Waals surface area (Å²) in [5.41, 5.74) is 0.150. The molecule has 0 aromatic rings. The summed E-state index contributed by atoms with van der Waals surface area (Å²) < 4.78 is 0. The highest BCUT2D eigenvalue weighted by atomic mass is 16.4. The Hall–Kier alpha value is -1.06. The fourth-order valence-electron chi connectivity index (χ4n) is 2.94. The van der Waals surface area contributed by atoms with Crippen LogP contribution in [0.1, 0.15) is 46.5 Å². The Labute approximate surface area is 115 Å². The highest BCUT2D eigenvalue weighted by Crippen LogP contribution is 2.44. The van der Waals surface area contributed by atoms with Gasteiger partial charge in [-0.1, -0.05) is 20.8 Å². The maximum atomic E-state index is 12.2. The maximum absolute atomic E-state index is 12.2. The van der Waals surface area contributed by atoms with E-state index in [1.165, 1.54) is 0 Å². The van der Waals surface area contributed by atoms with Gasteiger partial charge in [0.25, 0.3) is 0 Å². The molecule has 0 unspecified atom stereocenters. The molecule has 4 heteroatoms. The fourth-order valence-corrected chi connectivity index (χ4v) is 2.94. The molecule has 4 nitrogen and oxygen atoms in total. The summed E-state index contributed by atoms with van der Waals surface area (Å²) in [6, 6.07) is 0. The summed E-state index contributed by atoms with van der Waals surface area (Å²) in [6.07, 6.45) is 3.67. The first-order chi connectivity index (χ1) is 8.78. The van der Waals surface area contributed by atoms with Gasteiger partial charge < -0.3 is 10.0 Å². The molecule has 1 saturated heterocycles. The Bertz CT molecular complexity index is 368. The van der Waals surface area contributed by atoms with Crippen molar-refractivity contribution in [1.29, 1.82) is 0 Å². The van der Waals surface area contributed by atoms with E-state index in [-0.39, 0.29) is 23.2 Å². The van der Waals surface area contributed by atoms with Crippen LogP contribution in [0.4, 0.5) is 0 Å². The summed E-state index contributed by atoms with van der Waals surface area (Å²) in [5.74, 6) is -0.212. The molecule has 108 valence electrons. The monoisotopic (exact) mass is 267 g/mol. The summed E-state index contributed by atoms with van der Waals surface area (Å²) in [6.45, 7) is 7.44. The van der Waals surface area contributed by atoms with Gasteiger partial charge in [-0.3, -0.25) is 9.59 Å². The predicted molar refractivity (Wildman–Crippen MR) is 72.6 cm³/mol. The number of likely N-dealkylation sites (tertiary alicyclic amines) is 1. The number of hydrogen-bond acceptors (Lipinski definition) is 2. The molecule has 2 atom stereocenters. The van der Waals surface area contributed by atoms with Gasteiger partial charge >= 0.3 is 5.97 Å². The molecule has 0 bridgehead atoms. The third kappa shape index (κ3) is 3.71. The molecule has 1 N–H and O–H groups in total. The Morgan fingerprint density at radius 3 is 2.32 bits per heavy atom. The van der Waals surface area contributed by atoms with Crippen molar-refractivity contribution in [2.75, 3.05) is 13.1 Å². The lowest BCUT2D eigenvalue weighted by Gasteiger charge is -2.21. The van der Waals surface area contributed by atoms with Gasteiger partial charge in [0, 0.05) is 19.5 Å². The fraction of sp³-hybridized carbons (Fsp3) is 0.867. The zero-order valence-electron chi connectivity index (χ0n) is 12.2. The first-order valence-corrected chi connectivity index (χ1v) is 7.28. The van der Waals surface area contributed by atoms with Crippen LogP contribution >= 0.6 is 0 Å². The minimum absolute atomic E-state index is 0.129. The van der Waals surface area contributed by atoms with Crippen molar-refractivity contribution in [1.82, 2.24) is 4.90 Å². The van der Waals surface area contributed by atoms with Gasteiger partial charge in [-0.25, -0.2) is 0 Å². The quantitative estimate of drug-likeness (QED) is 0.850. The molecule has 1 amide bonds. The zero-order chi connectivity index (χ0) is 14.2. The molecular weight excluding hydrogens is 242 g/mol. The van der Waals surface area contributed by atoms with Crippen LogP contribution in [0, 0.1) is 23.2 Å². The number of amides is 1. The average Bonchev–Trinajstić information content (AvgIpc) is 3.03. The molecule has 2 rings (SSSR count). The average molecular weight is 267 g/mol. The van der Waals surface area contributed by atoms with Gasteiger partial charge in [0.2, 0.25) is 5.91 Å². The summed E-state index contributed by atoms with van der Waals surface area (Å²) in [7, 11) is 0. The van der Waals surface area contributed by atoms with Gasteiger partial charge in [0.15, 0.2) is 0 Å². The van der Waals surface area contributed by atoms with Crippen LogP contribution in [-0.4, -0.2) is 35.0 Å². The Kier molecular flexibility index (Phi) is 3.88. The molecule has 0 aromatic carbocycles. The van der Waals surface area contributed by atoms with Crippen molar-refractivity contribution in [3.05, 3.63) is 0 Å². The van der Waals surface area contributed by atoms with Crippen molar-refractivity contribution in [2.24, 2.45) is 23.2 Å². The molecule has 0 radical (unpaired) electrons. The highest BCUT2D eigenvalue weighted by molar-refractivity contribution is 5.79. The van der Waals surface area contributed by atoms with E-state index in [0.29, 0.717) is 25.4 Å². The van der Waals surface area contributed by atoms with Gasteiger partial charge in [-0.05, 0) is 36.5 Å². The van der Waals surface area contributed by atoms with Gasteiger partial charge in [-0.2, -0.15) is 0 Å². The second-order valence-corrected chi connectivity index (χ2v) is 7.31. The lowest BCUT2D eigenvalue weighted by molar-refractivity contribution is -0.142. The minimum atomic E-state index is -0.733. The third-order valence-corrected chi connectivity index (χ3v) is 4.35. The number of carboxylic acids is 1. The van der Waals surface area contributed by atoms with E-state index in [1.807, 2.05) is 0 Å². The van der Waals surface area contributed by atoms with Crippen molar-refractivity contribution >= 4 is 11.9 Å². The number of rotatable bonds is 4. The van der Waals surface area contributed by atoms with Crippen molar-refractivity contribution in [2.45, 2.75) is 46.5 Å². The lowest BCUT2D eigenvalue weighted by Crippen LogP contribution is -2.30. The smallest absolute Gasteiger partial charge is 0.308 e. The minimum Gasteiger partial charge on any atom is -0.481 e. The number of aliphatic carboxylic acids is 1. The van der Waals surface area contributed by atoms with E-state index in [4.69, 9.17) is 0 Å². The highest BCUT2D eigenvalue weighted by Gasteiger charge is 2.46. The third-order valence-electron chi connectivity index (χ3n) is 4.35. The molecule has 19 heavy (non-hydrogen) atoms. The molecule has 0 aromatic heterocycles. The standard InChI is InChI=1S/C15H25NO3/c1-15(2,3)7-6-13(17)16-8-11(10-4-5-10)12(9-16)14(18)19/h10-12H,4-9H2,1-3H3,(H,18,19)/t11-,12+/m1/s1. The van der Waals surface area contributed by atoms with Gasteiger partial charge in [0.05, 0.1) is 5.92 Å². The molecule has 1 heterocycles. The zero-order valence-corrected chi connectivity index (χ0v) is 12.2. The van der Waals surface area contributed by atoms with E-state index < -0.39 is 5.97 Å². The van der Waals surface area contributed by atoms with Crippen LogP contribution in [-0.2, 0) is 9.59 Å². The molecule has 2 aliphatic rings.